The predicted octanol–water partition coefficient (Wildman–Crippen LogP) is 3.76. The van der Waals surface area contributed by atoms with Gasteiger partial charge in [-0.05, 0) is 17.5 Å². The fraction of sp³-hybridized carbons (Fsp3) is 0.333. The van der Waals surface area contributed by atoms with Crippen LogP contribution in [0.5, 0.6) is 0 Å². The Bertz CT molecular complexity index is 492. The predicted molar refractivity (Wildman–Crippen MR) is 79.6 cm³/mol. The van der Waals surface area contributed by atoms with Gasteiger partial charge in [0.05, 0.1) is 13.2 Å². The Kier molecular flexibility index (Phi) is 3.86. The van der Waals surface area contributed by atoms with Gasteiger partial charge in [0.2, 0.25) is 0 Å². The third-order valence-corrected chi connectivity index (χ3v) is 3.90. The van der Waals surface area contributed by atoms with E-state index in [-0.39, 0.29) is 11.7 Å². The van der Waals surface area contributed by atoms with Gasteiger partial charge in [0.1, 0.15) is 11.7 Å². The highest BCUT2D eigenvalue weighted by molar-refractivity contribution is 5.36. The molecule has 1 unspecified atom stereocenters. The molecule has 20 heavy (non-hydrogen) atoms. The molecule has 2 aromatic carbocycles. The summed E-state index contributed by atoms with van der Waals surface area (Å²) in [5, 5.41) is 0. The van der Waals surface area contributed by atoms with Crippen LogP contribution in [0.15, 0.2) is 60.7 Å². The van der Waals surface area contributed by atoms with Crippen LogP contribution in [0.2, 0.25) is 0 Å². The Morgan fingerprint density at radius 1 is 1.00 bits per heavy atom. The van der Waals surface area contributed by atoms with Crippen molar-refractivity contribution < 1.29 is 9.47 Å². The summed E-state index contributed by atoms with van der Waals surface area (Å²) in [4.78, 5) is 0. The smallest absolute Gasteiger partial charge is 0.118 e. The minimum atomic E-state index is -0.380. The second kappa shape index (κ2) is 5.78. The molecule has 0 spiro atoms. The molecule has 2 heteroatoms. The summed E-state index contributed by atoms with van der Waals surface area (Å²) in [5.74, 6) is 0. The second-order valence-electron chi connectivity index (χ2n) is 5.18. The lowest BCUT2D eigenvalue weighted by Crippen LogP contribution is -2.32. The number of rotatable bonds is 6. The monoisotopic (exact) mass is 268 g/mol. The number of benzene rings is 2. The van der Waals surface area contributed by atoms with Crippen LogP contribution in [0.1, 0.15) is 24.5 Å². The summed E-state index contributed by atoms with van der Waals surface area (Å²) in [6.07, 6.45) is 1.17. The van der Waals surface area contributed by atoms with E-state index in [1.165, 1.54) is 11.1 Å². The number of hydrogen-bond donors (Lipinski definition) is 0. The Balaban J connectivity index is 1.99. The second-order valence-corrected chi connectivity index (χ2v) is 5.18. The van der Waals surface area contributed by atoms with E-state index in [0.717, 1.165) is 13.0 Å². The van der Waals surface area contributed by atoms with E-state index in [4.69, 9.17) is 9.47 Å². The average Bonchev–Trinajstić information content (AvgIpc) is 3.35. The maximum Gasteiger partial charge on any atom is 0.118 e. The van der Waals surface area contributed by atoms with Gasteiger partial charge in [-0.15, -0.1) is 0 Å². The lowest BCUT2D eigenvalue weighted by atomic mass is 9.84. The fourth-order valence-corrected chi connectivity index (χ4v) is 2.66. The van der Waals surface area contributed by atoms with Crippen molar-refractivity contribution in [2.24, 2.45) is 0 Å². The highest BCUT2D eigenvalue weighted by Gasteiger charge is 2.36. The summed E-state index contributed by atoms with van der Waals surface area (Å²) < 4.78 is 11.6. The quantitative estimate of drug-likeness (QED) is 0.744. The summed E-state index contributed by atoms with van der Waals surface area (Å²) in [5.41, 5.74) is 2.03. The topological polar surface area (TPSA) is 21.8 Å². The lowest BCUT2D eigenvalue weighted by Gasteiger charge is -2.34. The number of hydrogen-bond acceptors (Lipinski definition) is 2. The molecule has 0 amide bonds. The largest absolute Gasteiger partial charge is 0.371 e. The first-order valence-corrected chi connectivity index (χ1v) is 7.22. The summed E-state index contributed by atoms with van der Waals surface area (Å²) in [7, 11) is 0. The van der Waals surface area contributed by atoms with Crippen molar-refractivity contribution in [2.45, 2.75) is 25.0 Å². The molecular weight excluding hydrogens is 248 g/mol. The van der Waals surface area contributed by atoms with Crippen molar-refractivity contribution in [1.29, 1.82) is 0 Å². The van der Waals surface area contributed by atoms with Gasteiger partial charge >= 0.3 is 0 Å². The van der Waals surface area contributed by atoms with Crippen LogP contribution >= 0.6 is 0 Å². The zero-order valence-corrected chi connectivity index (χ0v) is 11.8. The van der Waals surface area contributed by atoms with Crippen LogP contribution in [0, 0.1) is 0 Å². The molecule has 104 valence electrons. The SMILES string of the molecule is CCC(OCC1CO1)(c1ccccc1)c1ccccc1. The van der Waals surface area contributed by atoms with Crippen molar-refractivity contribution in [3.05, 3.63) is 71.8 Å². The van der Waals surface area contributed by atoms with Crippen LogP contribution in [-0.4, -0.2) is 19.3 Å². The first-order chi connectivity index (χ1) is 9.85. The molecule has 0 N–H and O–H groups in total. The highest BCUT2D eigenvalue weighted by Crippen LogP contribution is 2.37. The molecule has 1 atom stereocenters. The van der Waals surface area contributed by atoms with Gasteiger partial charge in [-0.2, -0.15) is 0 Å². The normalized spacial score (nSPS) is 17.9. The molecule has 2 aromatic rings. The maximum absolute atomic E-state index is 6.35. The maximum atomic E-state index is 6.35. The van der Waals surface area contributed by atoms with E-state index in [1.54, 1.807) is 0 Å². The van der Waals surface area contributed by atoms with E-state index < -0.39 is 0 Å². The van der Waals surface area contributed by atoms with Gasteiger partial charge in [0, 0.05) is 0 Å². The van der Waals surface area contributed by atoms with E-state index in [2.05, 4.69) is 55.5 Å². The lowest BCUT2D eigenvalue weighted by molar-refractivity contribution is -0.0283. The van der Waals surface area contributed by atoms with Gasteiger partial charge in [0.15, 0.2) is 0 Å². The van der Waals surface area contributed by atoms with Crippen molar-refractivity contribution in [1.82, 2.24) is 0 Å². The van der Waals surface area contributed by atoms with Gasteiger partial charge in [-0.1, -0.05) is 67.6 Å². The molecule has 0 aromatic heterocycles. The number of epoxide rings is 1. The van der Waals surface area contributed by atoms with Crippen LogP contribution in [0.3, 0.4) is 0 Å². The fourth-order valence-electron chi connectivity index (χ4n) is 2.66. The molecule has 3 rings (SSSR count). The van der Waals surface area contributed by atoms with Crippen molar-refractivity contribution in [2.75, 3.05) is 13.2 Å². The molecule has 0 aliphatic carbocycles. The molecule has 1 heterocycles. The van der Waals surface area contributed by atoms with Crippen molar-refractivity contribution in [3.63, 3.8) is 0 Å². The van der Waals surface area contributed by atoms with E-state index in [0.29, 0.717) is 6.61 Å². The van der Waals surface area contributed by atoms with E-state index >= 15 is 0 Å². The van der Waals surface area contributed by atoms with Crippen LogP contribution in [0.25, 0.3) is 0 Å². The van der Waals surface area contributed by atoms with Gasteiger partial charge in [0.25, 0.3) is 0 Å². The van der Waals surface area contributed by atoms with Gasteiger partial charge < -0.3 is 9.47 Å². The zero-order valence-electron chi connectivity index (χ0n) is 11.8. The average molecular weight is 268 g/mol. The Morgan fingerprint density at radius 3 is 1.90 bits per heavy atom. The number of ether oxygens (including phenoxy) is 2. The van der Waals surface area contributed by atoms with E-state index in [1.807, 2.05) is 12.1 Å². The zero-order chi connectivity index (χ0) is 13.8. The minimum absolute atomic E-state index is 0.272. The Labute approximate surface area is 120 Å². The molecule has 1 aliphatic rings. The van der Waals surface area contributed by atoms with Crippen molar-refractivity contribution in [3.8, 4) is 0 Å². The molecule has 1 saturated heterocycles. The first kappa shape index (κ1) is 13.3. The van der Waals surface area contributed by atoms with Crippen LogP contribution in [0.4, 0.5) is 0 Å². The van der Waals surface area contributed by atoms with Gasteiger partial charge in [-0.25, -0.2) is 0 Å². The Morgan fingerprint density at radius 2 is 1.50 bits per heavy atom. The molecule has 1 aliphatic heterocycles. The van der Waals surface area contributed by atoms with Crippen molar-refractivity contribution >= 4 is 0 Å². The highest BCUT2D eigenvalue weighted by atomic mass is 16.6. The Hall–Kier alpha value is -1.64. The van der Waals surface area contributed by atoms with Crippen LogP contribution < -0.4 is 0 Å². The first-order valence-electron chi connectivity index (χ1n) is 7.22. The summed E-state index contributed by atoms with van der Waals surface area (Å²) in [6.45, 7) is 3.65. The molecular formula is C18H20O2. The molecule has 0 bridgehead atoms. The molecule has 2 nitrogen and oxygen atoms in total. The standard InChI is InChI=1S/C18H20O2/c1-2-18(20-14-17-13-19-17,15-9-5-3-6-10-15)16-11-7-4-8-12-16/h3-12,17H,2,13-14H2,1H3. The molecule has 0 saturated carbocycles. The summed E-state index contributed by atoms with van der Waals surface area (Å²) >= 11 is 0. The molecule has 0 radical (unpaired) electrons. The van der Waals surface area contributed by atoms with Crippen LogP contribution in [-0.2, 0) is 15.1 Å². The third kappa shape index (κ3) is 2.62. The third-order valence-electron chi connectivity index (χ3n) is 3.90. The molecule has 1 fully saturated rings. The minimum Gasteiger partial charge on any atom is -0.371 e. The van der Waals surface area contributed by atoms with Gasteiger partial charge in [-0.3, -0.25) is 0 Å². The van der Waals surface area contributed by atoms with E-state index in [9.17, 15) is 0 Å². The summed E-state index contributed by atoms with van der Waals surface area (Å²) in [6, 6.07) is 20.9.